The van der Waals surface area contributed by atoms with Crippen LogP contribution in [0, 0.1) is 0 Å². The molecule has 0 unspecified atom stereocenters. The van der Waals surface area contributed by atoms with Crippen molar-refractivity contribution < 1.29 is 12.8 Å². The zero-order valence-corrected chi connectivity index (χ0v) is 12.0. The smallest absolute Gasteiger partial charge is 0.210 e. The molecule has 1 aromatic carbocycles. The maximum Gasteiger partial charge on any atom is 0.210 e. The lowest BCUT2D eigenvalue weighted by molar-refractivity contribution is 0.477. The monoisotopic (exact) mass is 294 g/mol. The van der Waals surface area contributed by atoms with Gasteiger partial charge in [-0.1, -0.05) is 25.3 Å². The summed E-state index contributed by atoms with van der Waals surface area (Å²) in [7, 11) is -3.19. The molecule has 20 heavy (non-hydrogen) atoms. The summed E-state index contributed by atoms with van der Waals surface area (Å²) in [6.07, 6.45) is 4.62. The molecule has 1 aliphatic carbocycles. The number of oxazole rings is 1. The van der Waals surface area contributed by atoms with Crippen LogP contribution in [-0.2, 0) is 15.6 Å². The molecule has 2 N–H and O–H groups in total. The molecule has 2 aromatic rings. The van der Waals surface area contributed by atoms with Gasteiger partial charge >= 0.3 is 0 Å². The highest BCUT2D eigenvalue weighted by Crippen LogP contribution is 2.27. The maximum atomic E-state index is 12.4. The van der Waals surface area contributed by atoms with Gasteiger partial charge in [0.2, 0.25) is 5.89 Å². The fourth-order valence-electron chi connectivity index (χ4n) is 2.79. The minimum absolute atomic E-state index is 0.133. The van der Waals surface area contributed by atoms with Gasteiger partial charge in [0, 0.05) is 0 Å². The molecule has 0 amide bonds. The number of hydrogen-bond acceptors (Lipinski definition) is 5. The molecule has 0 spiro atoms. The van der Waals surface area contributed by atoms with Crippen molar-refractivity contribution >= 4 is 26.6 Å². The topological polar surface area (TPSA) is 86.2 Å². The number of sulfone groups is 1. The summed E-state index contributed by atoms with van der Waals surface area (Å²) in [5.41, 5.74) is 7.39. The van der Waals surface area contributed by atoms with Crippen LogP contribution in [0.2, 0.25) is 0 Å². The van der Waals surface area contributed by atoms with Crippen LogP contribution in [0.25, 0.3) is 11.1 Å². The van der Waals surface area contributed by atoms with Crippen LogP contribution in [0.4, 0.5) is 5.69 Å². The molecule has 108 valence electrons. The summed E-state index contributed by atoms with van der Waals surface area (Å²) in [5, 5.41) is -0.247. The second kappa shape index (κ2) is 5.09. The molecule has 0 aliphatic heterocycles. The predicted octanol–water partition coefficient (Wildman–Crippen LogP) is 2.66. The van der Waals surface area contributed by atoms with E-state index >= 15 is 0 Å². The number of anilines is 1. The number of rotatable bonds is 3. The van der Waals surface area contributed by atoms with Gasteiger partial charge in [0.05, 0.1) is 10.9 Å². The zero-order valence-electron chi connectivity index (χ0n) is 11.2. The van der Waals surface area contributed by atoms with Crippen LogP contribution < -0.4 is 5.73 Å². The van der Waals surface area contributed by atoms with Gasteiger partial charge in [-0.25, -0.2) is 13.4 Å². The Labute approximate surface area is 118 Å². The number of nitrogens with two attached hydrogens (primary N) is 1. The summed E-state index contributed by atoms with van der Waals surface area (Å²) in [4.78, 5) is 4.22. The van der Waals surface area contributed by atoms with Gasteiger partial charge in [0.1, 0.15) is 11.3 Å². The van der Waals surface area contributed by atoms with Crippen LogP contribution in [0.1, 0.15) is 38.0 Å². The Morgan fingerprint density at radius 3 is 2.70 bits per heavy atom. The second-order valence-corrected chi connectivity index (χ2v) is 7.65. The summed E-state index contributed by atoms with van der Waals surface area (Å²) >= 11 is 0. The Balaban J connectivity index is 1.86. The first kappa shape index (κ1) is 13.4. The lowest BCUT2D eigenvalue weighted by Gasteiger charge is -2.20. The Bertz CT molecular complexity index is 715. The third-order valence-electron chi connectivity index (χ3n) is 3.88. The van der Waals surface area contributed by atoms with E-state index in [-0.39, 0.29) is 16.9 Å². The summed E-state index contributed by atoms with van der Waals surface area (Å²) < 4.78 is 30.3. The predicted molar refractivity (Wildman–Crippen MR) is 77.9 cm³/mol. The minimum Gasteiger partial charge on any atom is -0.439 e. The molecular formula is C14H18N2O3S. The number of aromatic nitrogens is 1. The highest BCUT2D eigenvalue weighted by molar-refractivity contribution is 7.91. The molecule has 1 aliphatic rings. The molecule has 0 radical (unpaired) electrons. The lowest BCUT2D eigenvalue weighted by atomic mass is 10.0. The molecule has 1 fully saturated rings. The average molecular weight is 294 g/mol. The van der Waals surface area contributed by atoms with Crippen molar-refractivity contribution in [3.63, 3.8) is 0 Å². The van der Waals surface area contributed by atoms with Gasteiger partial charge in [0.15, 0.2) is 15.4 Å². The normalized spacial score (nSPS) is 17.6. The number of nitrogens with zero attached hydrogens (tertiary/aromatic N) is 1. The molecule has 3 rings (SSSR count). The molecule has 1 heterocycles. The Hall–Kier alpha value is -1.56. The molecule has 1 aromatic heterocycles. The van der Waals surface area contributed by atoms with Crippen molar-refractivity contribution in [2.45, 2.75) is 43.1 Å². The van der Waals surface area contributed by atoms with Crippen LogP contribution in [-0.4, -0.2) is 18.7 Å². The first-order valence-electron chi connectivity index (χ1n) is 6.92. The Morgan fingerprint density at radius 2 is 2.00 bits per heavy atom. The van der Waals surface area contributed by atoms with Gasteiger partial charge in [0.25, 0.3) is 0 Å². The summed E-state index contributed by atoms with van der Waals surface area (Å²) in [6.45, 7) is 0. The fraction of sp³-hybridized carbons (Fsp3) is 0.500. The molecule has 6 heteroatoms. The van der Waals surface area contributed by atoms with E-state index in [1.165, 1.54) is 0 Å². The van der Waals surface area contributed by atoms with Crippen molar-refractivity contribution in [3.8, 4) is 0 Å². The van der Waals surface area contributed by atoms with Crippen molar-refractivity contribution in [2.24, 2.45) is 0 Å². The van der Waals surface area contributed by atoms with Gasteiger partial charge in [-0.15, -0.1) is 0 Å². The second-order valence-electron chi connectivity index (χ2n) is 5.37. The first-order chi connectivity index (χ1) is 9.56. The van der Waals surface area contributed by atoms with Crippen molar-refractivity contribution in [1.29, 1.82) is 0 Å². The van der Waals surface area contributed by atoms with Crippen LogP contribution in [0.3, 0.4) is 0 Å². The Morgan fingerprint density at radius 1 is 1.25 bits per heavy atom. The highest BCUT2D eigenvalue weighted by atomic mass is 32.2. The van der Waals surface area contributed by atoms with Gasteiger partial charge in [-0.2, -0.15) is 0 Å². The largest absolute Gasteiger partial charge is 0.439 e. The molecular weight excluding hydrogens is 276 g/mol. The van der Waals surface area contributed by atoms with E-state index in [1.807, 2.05) is 0 Å². The number of benzene rings is 1. The van der Waals surface area contributed by atoms with Crippen LogP contribution in [0.5, 0.6) is 0 Å². The molecule has 0 saturated heterocycles. The quantitative estimate of drug-likeness (QED) is 0.879. The third-order valence-corrected chi connectivity index (χ3v) is 6.02. The minimum atomic E-state index is -3.19. The van der Waals surface area contributed by atoms with Crippen molar-refractivity contribution in [1.82, 2.24) is 4.98 Å². The van der Waals surface area contributed by atoms with Gasteiger partial charge in [-0.3, -0.25) is 0 Å². The van der Waals surface area contributed by atoms with E-state index in [2.05, 4.69) is 4.98 Å². The number of hydrogen-bond donors (Lipinski definition) is 1. The van der Waals surface area contributed by atoms with E-state index in [0.29, 0.717) is 16.8 Å². The SMILES string of the molecule is Nc1cccc2oc(CS(=O)(=O)C3CCCCC3)nc12. The molecule has 0 bridgehead atoms. The van der Waals surface area contributed by atoms with E-state index in [9.17, 15) is 8.42 Å². The van der Waals surface area contributed by atoms with Gasteiger partial charge < -0.3 is 10.2 Å². The van der Waals surface area contributed by atoms with E-state index in [4.69, 9.17) is 10.2 Å². The summed E-state index contributed by atoms with van der Waals surface area (Å²) in [6, 6.07) is 5.24. The fourth-order valence-corrected chi connectivity index (χ4v) is 4.55. The molecule has 1 saturated carbocycles. The van der Waals surface area contributed by atoms with E-state index in [0.717, 1.165) is 32.1 Å². The van der Waals surface area contributed by atoms with Crippen molar-refractivity contribution in [3.05, 3.63) is 24.1 Å². The third kappa shape index (κ3) is 2.52. The van der Waals surface area contributed by atoms with Crippen LogP contribution >= 0.6 is 0 Å². The molecule has 0 atom stereocenters. The van der Waals surface area contributed by atoms with Crippen molar-refractivity contribution in [2.75, 3.05) is 5.73 Å². The van der Waals surface area contributed by atoms with Crippen LogP contribution in [0.15, 0.2) is 22.6 Å². The number of nitrogen functional groups attached to an aromatic ring is 1. The highest BCUT2D eigenvalue weighted by Gasteiger charge is 2.29. The molecule has 5 nitrogen and oxygen atoms in total. The average Bonchev–Trinajstić information content (AvgIpc) is 2.83. The number of para-hydroxylation sites is 1. The summed E-state index contributed by atoms with van der Waals surface area (Å²) in [5.74, 6) is 0.106. The van der Waals surface area contributed by atoms with E-state index in [1.54, 1.807) is 18.2 Å². The number of fused-ring (bicyclic) bond motifs is 1. The maximum absolute atomic E-state index is 12.4. The van der Waals surface area contributed by atoms with E-state index < -0.39 is 9.84 Å². The Kier molecular flexibility index (Phi) is 3.41. The zero-order chi connectivity index (χ0) is 14.2. The first-order valence-corrected chi connectivity index (χ1v) is 8.63. The lowest BCUT2D eigenvalue weighted by Crippen LogP contribution is -2.25. The van der Waals surface area contributed by atoms with Gasteiger partial charge in [-0.05, 0) is 25.0 Å². The standard InChI is InChI=1S/C14H18N2O3S/c15-11-7-4-8-12-14(11)16-13(19-12)9-20(17,18)10-5-2-1-3-6-10/h4,7-8,10H,1-3,5-6,9,15H2.